The van der Waals surface area contributed by atoms with Crippen molar-refractivity contribution >= 4 is 28.7 Å². The first kappa shape index (κ1) is 14.9. The van der Waals surface area contributed by atoms with Crippen LogP contribution in [0.25, 0.3) is 0 Å². The zero-order chi connectivity index (χ0) is 11.7. The summed E-state index contributed by atoms with van der Waals surface area (Å²) >= 11 is 3.39. The molecule has 0 saturated heterocycles. The van der Waals surface area contributed by atoms with Crippen LogP contribution in [-0.4, -0.2) is 60.0 Å². The number of amidine groups is 1. The largest absolute Gasteiger partial charge is 0.321 e. The van der Waals surface area contributed by atoms with Gasteiger partial charge in [0, 0.05) is 24.6 Å². The van der Waals surface area contributed by atoms with Gasteiger partial charge >= 0.3 is 0 Å². The predicted molar refractivity (Wildman–Crippen MR) is 71.9 cm³/mol. The van der Waals surface area contributed by atoms with Gasteiger partial charge in [0.1, 0.15) is 0 Å². The van der Waals surface area contributed by atoms with Crippen LogP contribution in [0, 0.1) is 0 Å². The highest BCUT2D eigenvalue weighted by Gasteiger charge is 2.07. The topological polar surface area (TPSA) is 70.9 Å². The number of hydrazine groups is 1. The molecule has 0 aromatic heterocycles. The van der Waals surface area contributed by atoms with Crippen LogP contribution in [0.15, 0.2) is 5.10 Å². The first-order chi connectivity index (χ1) is 7.11. The molecule has 0 bridgehead atoms. The molecule has 0 fully saturated rings. The van der Waals surface area contributed by atoms with Gasteiger partial charge in [-0.3, -0.25) is 5.01 Å². The lowest BCUT2D eigenvalue weighted by molar-refractivity contribution is 0.338. The molecule has 7 heteroatoms. The van der Waals surface area contributed by atoms with Crippen LogP contribution in [0.1, 0.15) is 0 Å². The van der Waals surface area contributed by atoms with Gasteiger partial charge in [0.05, 0.1) is 0 Å². The number of hydrazone groups is 1. The average molecular weight is 251 g/mol. The molecule has 0 amide bonds. The second kappa shape index (κ2) is 9.14. The molecule has 4 N–H and O–H groups in total. The van der Waals surface area contributed by atoms with Gasteiger partial charge in [0.25, 0.3) is 0 Å². The summed E-state index contributed by atoms with van der Waals surface area (Å²) in [5.41, 5.74) is 0. The van der Waals surface area contributed by atoms with Gasteiger partial charge in [-0.25, -0.2) is 5.84 Å². The Hall–Kier alpha value is -0.110. The molecule has 0 aliphatic carbocycles. The van der Waals surface area contributed by atoms with Crippen LogP contribution in [0.4, 0.5) is 0 Å². The van der Waals surface area contributed by atoms with E-state index in [-0.39, 0.29) is 0 Å². The maximum Gasteiger partial charge on any atom is 0.196 e. The Morgan fingerprint density at radius 3 is 2.40 bits per heavy atom. The van der Waals surface area contributed by atoms with Gasteiger partial charge in [0.15, 0.2) is 5.17 Å². The van der Waals surface area contributed by atoms with Gasteiger partial charge in [-0.05, 0) is 20.4 Å². The SMILES string of the molecule is CSCCS/C(=N/N)N(N)CCN(C)C. The lowest BCUT2D eigenvalue weighted by Gasteiger charge is -2.21. The molecule has 15 heavy (non-hydrogen) atoms. The summed E-state index contributed by atoms with van der Waals surface area (Å²) in [6.07, 6.45) is 2.08. The number of thioether (sulfide) groups is 2. The maximum absolute atomic E-state index is 5.83. The van der Waals surface area contributed by atoms with E-state index in [2.05, 4.69) is 16.3 Å². The Balaban J connectivity index is 3.84. The molecule has 0 unspecified atom stereocenters. The molecule has 0 heterocycles. The summed E-state index contributed by atoms with van der Waals surface area (Å²) in [6, 6.07) is 0. The molecule has 0 aromatic carbocycles. The number of hydrogen-bond acceptors (Lipinski definition) is 6. The molecule has 90 valence electrons. The molecule has 0 rings (SSSR count). The van der Waals surface area contributed by atoms with Gasteiger partial charge in [-0.15, -0.1) is 0 Å². The summed E-state index contributed by atoms with van der Waals surface area (Å²) in [7, 11) is 4.02. The summed E-state index contributed by atoms with van der Waals surface area (Å²) < 4.78 is 0. The molecule has 0 spiro atoms. The molecule has 0 aromatic rings. The highest BCUT2D eigenvalue weighted by atomic mass is 32.2. The van der Waals surface area contributed by atoms with E-state index in [1.54, 1.807) is 28.5 Å². The third-order valence-electron chi connectivity index (χ3n) is 1.66. The minimum absolute atomic E-state index is 0.700. The van der Waals surface area contributed by atoms with E-state index in [9.17, 15) is 0 Å². The standard InChI is InChI=1S/C8H21N5S2/c1-12(2)4-5-13(10)8(11-9)15-7-6-14-3/h4-7,9-10H2,1-3H3/b11-8+. The number of nitrogens with two attached hydrogens (primary N) is 2. The normalized spacial score (nSPS) is 12.2. The first-order valence-corrected chi connectivity index (χ1v) is 7.06. The fourth-order valence-corrected chi connectivity index (χ4v) is 2.33. The third kappa shape index (κ3) is 7.78. The molecule has 0 aliphatic heterocycles. The van der Waals surface area contributed by atoms with E-state index < -0.39 is 0 Å². The predicted octanol–water partition coefficient (Wildman–Crippen LogP) is 0.0496. The smallest absolute Gasteiger partial charge is 0.196 e. The van der Waals surface area contributed by atoms with Gasteiger partial charge in [-0.2, -0.15) is 16.9 Å². The van der Waals surface area contributed by atoms with Gasteiger partial charge in [0.2, 0.25) is 0 Å². The second-order valence-corrected chi connectivity index (χ2v) is 5.30. The fourth-order valence-electron chi connectivity index (χ4n) is 0.814. The van der Waals surface area contributed by atoms with E-state index in [1.807, 2.05) is 14.1 Å². The molecule has 0 radical (unpaired) electrons. The Morgan fingerprint density at radius 2 is 1.93 bits per heavy atom. The van der Waals surface area contributed by atoms with Crippen molar-refractivity contribution in [2.24, 2.45) is 16.8 Å². The average Bonchev–Trinajstić information content (AvgIpc) is 2.21. The minimum Gasteiger partial charge on any atom is -0.321 e. The highest BCUT2D eigenvalue weighted by Crippen LogP contribution is 2.08. The molecule has 0 atom stereocenters. The van der Waals surface area contributed by atoms with E-state index in [1.165, 1.54) is 0 Å². The molecular weight excluding hydrogens is 230 g/mol. The lowest BCUT2D eigenvalue weighted by atomic mass is 10.6. The van der Waals surface area contributed by atoms with Gasteiger partial charge in [-0.1, -0.05) is 11.8 Å². The quantitative estimate of drug-likeness (QED) is 0.228. The summed E-state index contributed by atoms with van der Waals surface area (Å²) in [6.45, 7) is 1.62. The van der Waals surface area contributed by atoms with Crippen molar-refractivity contribution in [1.82, 2.24) is 9.91 Å². The van der Waals surface area contributed by atoms with E-state index >= 15 is 0 Å². The Morgan fingerprint density at radius 1 is 1.27 bits per heavy atom. The summed E-state index contributed by atoms with van der Waals surface area (Å²) in [5.74, 6) is 13.2. The van der Waals surface area contributed by atoms with Crippen molar-refractivity contribution in [3.63, 3.8) is 0 Å². The molecule has 0 saturated carbocycles. The number of rotatable bonds is 6. The van der Waals surface area contributed by atoms with Crippen LogP contribution in [0.5, 0.6) is 0 Å². The molecule has 0 aliphatic rings. The Labute approximate surface area is 101 Å². The van der Waals surface area contributed by atoms with Crippen molar-refractivity contribution in [2.45, 2.75) is 0 Å². The third-order valence-corrected chi connectivity index (χ3v) is 3.54. The monoisotopic (exact) mass is 251 g/mol. The van der Waals surface area contributed by atoms with Crippen LogP contribution in [0.3, 0.4) is 0 Å². The zero-order valence-electron chi connectivity index (χ0n) is 9.64. The van der Waals surface area contributed by atoms with Crippen molar-refractivity contribution in [3.05, 3.63) is 0 Å². The van der Waals surface area contributed by atoms with Crippen LogP contribution < -0.4 is 11.7 Å². The van der Waals surface area contributed by atoms with Crippen molar-refractivity contribution in [1.29, 1.82) is 0 Å². The molecular formula is C8H21N5S2. The van der Waals surface area contributed by atoms with E-state index in [0.29, 0.717) is 5.17 Å². The van der Waals surface area contributed by atoms with Gasteiger partial charge < -0.3 is 10.7 Å². The van der Waals surface area contributed by atoms with Crippen molar-refractivity contribution in [3.8, 4) is 0 Å². The minimum atomic E-state index is 0.700. The van der Waals surface area contributed by atoms with Crippen LogP contribution in [-0.2, 0) is 0 Å². The highest BCUT2D eigenvalue weighted by molar-refractivity contribution is 8.14. The zero-order valence-corrected chi connectivity index (χ0v) is 11.3. The maximum atomic E-state index is 5.83. The van der Waals surface area contributed by atoms with Crippen molar-refractivity contribution in [2.75, 3.05) is 44.9 Å². The Bertz CT molecular complexity index is 186. The molecule has 5 nitrogen and oxygen atoms in total. The summed E-state index contributed by atoms with van der Waals surface area (Å²) in [4.78, 5) is 2.07. The van der Waals surface area contributed by atoms with Crippen molar-refractivity contribution < 1.29 is 0 Å². The van der Waals surface area contributed by atoms with E-state index in [4.69, 9.17) is 11.7 Å². The number of likely N-dealkylation sites (N-methyl/N-ethyl adjacent to an activating group) is 1. The fraction of sp³-hybridized carbons (Fsp3) is 0.875. The van der Waals surface area contributed by atoms with Crippen LogP contribution >= 0.6 is 23.5 Å². The number of nitrogens with zero attached hydrogens (tertiary/aromatic N) is 3. The summed E-state index contributed by atoms with van der Waals surface area (Å²) in [5, 5.41) is 5.99. The van der Waals surface area contributed by atoms with Crippen LogP contribution in [0.2, 0.25) is 0 Å². The Kier molecular flexibility index (Phi) is 9.07. The van der Waals surface area contributed by atoms with E-state index in [0.717, 1.165) is 24.6 Å². The number of hydrogen-bond donors (Lipinski definition) is 2. The second-order valence-electron chi connectivity index (χ2n) is 3.25. The lowest BCUT2D eigenvalue weighted by Crippen LogP contribution is -2.41. The first-order valence-electron chi connectivity index (χ1n) is 4.68.